The first-order valence-corrected chi connectivity index (χ1v) is 6.21. The number of amides is 1. The Hall–Kier alpha value is -0.570. The molecule has 2 fully saturated rings. The monoisotopic (exact) mass is 210 g/mol. The molecule has 0 aromatic carbocycles. The van der Waals surface area contributed by atoms with Crippen LogP contribution in [0.5, 0.6) is 0 Å². The van der Waals surface area contributed by atoms with Gasteiger partial charge in [-0.1, -0.05) is 26.2 Å². The van der Waals surface area contributed by atoms with Crippen molar-refractivity contribution in [2.75, 3.05) is 6.54 Å². The zero-order chi connectivity index (χ0) is 10.8. The summed E-state index contributed by atoms with van der Waals surface area (Å²) in [5, 5.41) is 3.06. The van der Waals surface area contributed by atoms with Crippen LogP contribution in [0.1, 0.15) is 39.0 Å². The highest BCUT2D eigenvalue weighted by atomic mass is 16.2. The highest BCUT2D eigenvalue weighted by molar-refractivity contribution is 5.82. The van der Waals surface area contributed by atoms with E-state index in [2.05, 4.69) is 12.2 Å². The van der Waals surface area contributed by atoms with Gasteiger partial charge in [-0.25, -0.2) is 0 Å². The van der Waals surface area contributed by atoms with E-state index in [0.29, 0.717) is 5.92 Å². The number of carbonyl (C=O) groups is 1. The normalized spacial score (nSPS) is 39.9. The first kappa shape index (κ1) is 10.9. The van der Waals surface area contributed by atoms with Gasteiger partial charge in [-0.15, -0.1) is 0 Å². The van der Waals surface area contributed by atoms with Crippen LogP contribution in [-0.4, -0.2) is 18.5 Å². The van der Waals surface area contributed by atoms with Crippen LogP contribution >= 0.6 is 0 Å². The van der Waals surface area contributed by atoms with Crippen LogP contribution in [-0.2, 0) is 4.79 Å². The summed E-state index contributed by atoms with van der Waals surface area (Å²) < 4.78 is 0. The fourth-order valence-electron chi connectivity index (χ4n) is 2.58. The van der Waals surface area contributed by atoms with E-state index >= 15 is 0 Å². The lowest BCUT2D eigenvalue weighted by Gasteiger charge is -2.28. The van der Waals surface area contributed by atoms with E-state index in [1.54, 1.807) is 0 Å². The standard InChI is InChI=1S/C12H22N2O/c1-8-4-2-3-5-9(8)7-14-12(15)10-6-11(10)13/h8-11H,2-7,13H2,1H3,(H,14,15). The summed E-state index contributed by atoms with van der Waals surface area (Å²) in [5.41, 5.74) is 5.64. The van der Waals surface area contributed by atoms with Crippen molar-refractivity contribution < 1.29 is 4.79 Å². The molecule has 15 heavy (non-hydrogen) atoms. The van der Waals surface area contributed by atoms with Crippen LogP contribution in [0.2, 0.25) is 0 Å². The zero-order valence-corrected chi connectivity index (χ0v) is 9.54. The summed E-state index contributed by atoms with van der Waals surface area (Å²) in [5.74, 6) is 1.76. The maximum absolute atomic E-state index is 11.6. The van der Waals surface area contributed by atoms with Crippen molar-refractivity contribution in [3.05, 3.63) is 0 Å². The van der Waals surface area contributed by atoms with Gasteiger partial charge in [0, 0.05) is 12.6 Å². The third kappa shape index (κ3) is 2.71. The fraction of sp³-hybridized carbons (Fsp3) is 0.917. The smallest absolute Gasteiger partial charge is 0.224 e. The molecule has 0 aromatic rings. The molecule has 0 saturated heterocycles. The first-order chi connectivity index (χ1) is 7.18. The van der Waals surface area contributed by atoms with Crippen LogP contribution in [0, 0.1) is 17.8 Å². The molecule has 2 aliphatic carbocycles. The molecular weight excluding hydrogens is 188 g/mol. The lowest BCUT2D eigenvalue weighted by molar-refractivity contribution is -0.122. The molecule has 3 nitrogen and oxygen atoms in total. The Morgan fingerprint density at radius 1 is 1.40 bits per heavy atom. The maximum atomic E-state index is 11.6. The largest absolute Gasteiger partial charge is 0.356 e. The molecule has 4 atom stereocenters. The molecule has 3 N–H and O–H groups in total. The van der Waals surface area contributed by atoms with Gasteiger partial charge in [0.05, 0.1) is 5.92 Å². The van der Waals surface area contributed by atoms with Crippen LogP contribution in [0.3, 0.4) is 0 Å². The molecule has 2 rings (SSSR count). The van der Waals surface area contributed by atoms with Crippen molar-refractivity contribution in [2.45, 2.75) is 45.1 Å². The third-order valence-corrected chi connectivity index (χ3v) is 4.00. The topological polar surface area (TPSA) is 55.1 Å². The average molecular weight is 210 g/mol. The van der Waals surface area contributed by atoms with Gasteiger partial charge in [-0.05, 0) is 24.7 Å². The van der Waals surface area contributed by atoms with Crippen molar-refractivity contribution in [3.63, 3.8) is 0 Å². The number of hydrogen-bond acceptors (Lipinski definition) is 2. The SMILES string of the molecule is CC1CCCCC1CNC(=O)C1CC1N. The molecule has 0 bridgehead atoms. The summed E-state index contributed by atoms with van der Waals surface area (Å²) in [7, 11) is 0. The Balaban J connectivity index is 1.70. The summed E-state index contributed by atoms with van der Waals surface area (Å²) in [6, 6.07) is 0.133. The van der Waals surface area contributed by atoms with Crippen LogP contribution < -0.4 is 11.1 Å². The van der Waals surface area contributed by atoms with E-state index in [0.717, 1.165) is 18.9 Å². The van der Waals surface area contributed by atoms with Crippen molar-refractivity contribution in [2.24, 2.45) is 23.5 Å². The van der Waals surface area contributed by atoms with Crippen LogP contribution in [0.15, 0.2) is 0 Å². The Bertz CT molecular complexity index is 242. The second-order valence-corrected chi connectivity index (χ2v) is 5.27. The molecule has 0 radical (unpaired) electrons. The van der Waals surface area contributed by atoms with E-state index in [9.17, 15) is 4.79 Å². The first-order valence-electron chi connectivity index (χ1n) is 6.21. The minimum atomic E-state index is 0.115. The predicted octanol–water partition coefficient (Wildman–Crippen LogP) is 1.28. The van der Waals surface area contributed by atoms with Gasteiger partial charge in [0.15, 0.2) is 0 Å². The lowest BCUT2D eigenvalue weighted by atomic mass is 9.80. The summed E-state index contributed by atoms with van der Waals surface area (Å²) in [4.78, 5) is 11.6. The summed E-state index contributed by atoms with van der Waals surface area (Å²) in [6.07, 6.45) is 6.17. The van der Waals surface area contributed by atoms with E-state index in [1.807, 2.05) is 0 Å². The molecule has 0 aliphatic heterocycles. The van der Waals surface area contributed by atoms with Gasteiger partial charge >= 0.3 is 0 Å². The second-order valence-electron chi connectivity index (χ2n) is 5.27. The molecule has 2 aliphatic rings. The molecule has 3 heteroatoms. The van der Waals surface area contributed by atoms with E-state index in [4.69, 9.17) is 5.73 Å². The predicted molar refractivity (Wildman–Crippen MR) is 60.2 cm³/mol. The Kier molecular flexibility index (Phi) is 3.29. The van der Waals surface area contributed by atoms with E-state index in [-0.39, 0.29) is 17.9 Å². The van der Waals surface area contributed by atoms with Crippen molar-refractivity contribution >= 4 is 5.91 Å². The number of hydrogen-bond donors (Lipinski definition) is 2. The summed E-state index contributed by atoms with van der Waals surface area (Å²) >= 11 is 0. The minimum Gasteiger partial charge on any atom is -0.356 e. The minimum absolute atomic E-state index is 0.115. The average Bonchev–Trinajstić information content (AvgIpc) is 2.94. The molecule has 0 heterocycles. The van der Waals surface area contributed by atoms with Gasteiger partial charge in [-0.3, -0.25) is 4.79 Å². The van der Waals surface area contributed by atoms with Gasteiger partial charge in [-0.2, -0.15) is 0 Å². The van der Waals surface area contributed by atoms with Gasteiger partial charge in [0.1, 0.15) is 0 Å². The van der Waals surface area contributed by atoms with Crippen LogP contribution in [0.25, 0.3) is 0 Å². The second kappa shape index (κ2) is 4.52. The molecule has 0 spiro atoms. The van der Waals surface area contributed by atoms with Crippen molar-refractivity contribution in [1.29, 1.82) is 0 Å². The van der Waals surface area contributed by atoms with E-state index < -0.39 is 0 Å². The Labute approximate surface area is 91.8 Å². The fourth-order valence-corrected chi connectivity index (χ4v) is 2.58. The highest BCUT2D eigenvalue weighted by Crippen LogP contribution is 2.30. The third-order valence-electron chi connectivity index (χ3n) is 4.00. The molecule has 4 unspecified atom stereocenters. The van der Waals surface area contributed by atoms with Gasteiger partial charge in [0.2, 0.25) is 5.91 Å². The molecular formula is C12H22N2O. The molecule has 0 aromatic heterocycles. The Morgan fingerprint density at radius 3 is 2.67 bits per heavy atom. The van der Waals surface area contributed by atoms with Gasteiger partial charge in [0.25, 0.3) is 0 Å². The van der Waals surface area contributed by atoms with E-state index in [1.165, 1.54) is 25.7 Å². The lowest BCUT2D eigenvalue weighted by Crippen LogP contribution is -2.35. The highest BCUT2D eigenvalue weighted by Gasteiger charge is 2.40. The number of carbonyl (C=O) groups excluding carboxylic acids is 1. The number of rotatable bonds is 3. The molecule has 1 amide bonds. The Morgan fingerprint density at radius 2 is 2.07 bits per heavy atom. The van der Waals surface area contributed by atoms with Gasteiger partial charge < -0.3 is 11.1 Å². The molecule has 2 saturated carbocycles. The quantitative estimate of drug-likeness (QED) is 0.737. The van der Waals surface area contributed by atoms with Crippen molar-refractivity contribution in [1.82, 2.24) is 5.32 Å². The number of nitrogens with one attached hydrogen (secondary N) is 1. The summed E-state index contributed by atoms with van der Waals surface area (Å²) in [6.45, 7) is 3.17. The maximum Gasteiger partial charge on any atom is 0.224 e. The van der Waals surface area contributed by atoms with Crippen LogP contribution in [0.4, 0.5) is 0 Å². The number of nitrogens with two attached hydrogens (primary N) is 1. The zero-order valence-electron chi connectivity index (χ0n) is 9.54. The van der Waals surface area contributed by atoms with Crippen molar-refractivity contribution in [3.8, 4) is 0 Å². The molecule has 86 valence electrons.